The van der Waals surface area contributed by atoms with E-state index in [1.54, 1.807) is 21.0 Å². The van der Waals surface area contributed by atoms with Gasteiger partial charge in [-0.2, -0.15) is 4.31 Å². The molecule has 1 heterocycles. The topological polar surface area (TPSA) is 104 Å². The van der Waals surface area contributed by atoms with E-state index in [0.717, 1.165) is 5.56 Å². The number of nitrogens with zero attached hydrogens (tertiary/aromatic N) is 2. The van der Waals surface area contributed by atoms with Gasteiger partial charge in [0.25, 0.3) is 11.7 Å². The van der Waals surface area contributed by atoms with Crippen LogP contribution in [-0.4, -0.2) is 67.8 Å². The second-order valence-corrected chi connectivity index (χ2v) is 10.3. The molecule has 1 atom stereocenters. The molecular weight excluding hydrogens is 468 g/mol. The van der Waals surface area contributed by atoms with Gasteiger partial charge in [-0.25, -0.2) is 8.42 Å². The molecule has 0 saturated carbocycles. The molecule has 0 aromatic heterocycles. The van der Waals surface area contributed by atoms with Crippen LogP contribution in [0.4, 0.5) is 0 Å². The second kappa shape index (κ2) is 11.2. The van der Waals surface area contributed by atoms with Gasteiger partial charge in [-0.15, -0.1) is 0 Å². The molecule has 35 heavy (non-hydrogen) atoms. The summed E-state index contributed by atoms with van der Waals surface area (Å²) in [5.41, 5.74) is 1.97. The highest BCUT2D eigenvalue weighted by Crippen LogP contribution is 2.39. The zero-order valence-corrected chi connectivity index (χ0v) is 21.3. The standard InChI is InChI=1S/C26H32N2O6S/c1-5-27(6-2)35(32,33)21-14-12-20(13-15-21)24(29)22-23(19-10-8-18(3)9-11-19)28(16-7-17-34-4)26(31)25(22)30/h8-15,23,29H,5-7,16-17H2,1-4H3. The number of aliphatic hydroxyl groups is 1. The number of amides is 1. The van der Waals surface area contributed by atoms with E-state index >= 15 is 0 Å². The lowest BCUT2D eigenvalue weighted by Crippen LogP contribution is -2.31. The Morgan fingerprint density at radius 3 is 2.17 bits per heavy atom. The first kappa shape index (κ1) is 26.6. The summed E-state index contributed by atoms with van der Waals surface area (Å²) in [5, 5.41) is 11.2. The first-order valence-electron chi connectivity index (χ1n) is 11.6. The van der Waals surface area contributed by atoms with Crippen LogP contribution in [0, 0.1) is 6.92 Å². The molecule has 0 radical (unpaired) electrons. The number of sulfonamides is 1. The molecule has 8 nitrogen and oxygen atoms in total. The minimum atomic E-state index is -3.67. The predicted octanol–water partition coefficient (Wildman–Crippen LogP) is 3.48. The summed E-state index contributed by atoms with van der Waals surface area (Å²) in [7, 11) is -2.10. The number of ether oxygens (including phenoxy) is 1. The number of rotatable bonds is 10. The highest BCUT2D eigenvalue weighted by Gasteiger charge is 2.45. The molecule has 1 fully saturated rings. The first-order valence-corrected chi connectivity index (χ1v) is 13.1. The van der Waals surface area contributed by atoms with Crippen LogP contribution >= 0.6 is 0 Å². The number of aryl methyl sites for hydroxylation is 1. The SMILES string of the molecule is CCN(CC)S(=O)(=O)c1ccc(C(O)=C2C(=O)C(=O)N(CCCOC)C2c2ccc(C)cc2)cc1. The summed E-state index contributed by atoms with van der Waals surface area (Å²) in [6, 6.07) is 12.4. The minimum Gasteiger partial charge on any atom is -0.507 e. The third kappa shape index (κ3) is 5.32. The molecule has 188 valence electrons. The van der Waals surface area contributed by atoms with Crippen LogP contribution in [0.5, 0.6) is 0 Å². The summed E-state index contributed by atoms with van der Waals surface area (Å²) in [6.45, 7) is 6.84. The van der Waals surface area contributed by atoms with Gasteiger partial charge in [0.15, 0.2) is 0 Å². The van der Waals surface area contributed by atoms with Gasteiger partial charge in [0.1, 0.15) is 5.76 Å². The molecule has 1 unspecified atom stereocenters. The fourth-order valence-electron chi connectivity index (χ4n) is 4.24. The zero-order chi connectivity index (χ0) is 25.8. The highest BCUT2D eigenvalue weighted by atomic mass is 32.2. The number of benzene rings is 2. The molecule has 2 aromatic carbocycles. The van der Waals surface area contributed by atoms with Gasteiger partial charge in [-0.1, -0.05) is 43.7 Å². The van der Waals surface area contributed by atoms with Crippen LogP contribution in [0.25, 0.3) is 5.76 Å². The van der Waals surface area contributed by atoms with E-state index in [9.17, 15) is 23.1 Å². The number of hydrogen-bond donors (Lipinski definition) is 1. The molecule has 0 aliphatic carbocycles. The molecule has 0 spiro atoms. The molecule has 3 rings (SSSR count). The fourth-order valence-corrected chi connectivity index (χ4v) is 5.70. The van der Waals surface area contributed by atoms with Gasteiger partial charge in [-0.05, 0) is 43.2 Å². The lowest BCUT2D eigenvalue weighted by molar-refractivity contribution is -0.140. The maximum atomic E-state index is 13.1. The summed E-state index contributed by atoms with van der Waals surface area (Å²) in [4.78, 5) is 27.5. The number of ketones is 1. The molecular formula is C26H32N2O6S. The van der Waals surface area contributed by atoms with Crippen LogP contribution in [-0.2, 0) is 24.3 Å². The van der Waals surface area contributed by atoms with Crippen molar-refractivity contribution in [2.75, 3.05) is 33.4 Å². The van der Waals surface area contributed by atoms with Gasteiger partial charge in [-0.3, -0.25) is 9.59 Å². The quantitative estimate of drug-likeness (QED) is 0.232. The molecule has 1 aliphatic rings. The first-order chi connectivity index (χ1) is 16.7. The maximum absolute atomic E-state index is 13.1. The Labute approximate surface area is 206 Å². The molecule has 1 amide bonds. The van der Waals surface area contributed by atoms with E-state index in [2.05, 4.69) is 0 Å². The monoisotopic (exact) mass is 500 g/mol. The normalized spacial score (nSPS) is 18.0. The van der Waals surface area contributed by atoms with E-state index in [1.807, 2.05) is 31.2 Å². The van der Waals surface area contributed by atoms with Crippen molar-refractivity contribution < 1.29 is 27.9 Å². The van der Waals surface area contributed by atoms with Crippen molar-refractivity contribution in [3.63, 3.8) is 0 Å². The van der Waals surface area contributed by atoms with Crippen molar-refractivity contribution in [3.05, 3.63) is 70.8 Å². The fraction of sp³-hybridized carbons (Fsp3) is 0.385. The van der Waals surface area contributed by atoms with Crippen molar-refractivity contribution in [1.29, 1.82) is 0 Å². The van der Waals surface area contributed by atoms with Crippen molar-refractivity contribution in [3.8, 4) is 0 Å². The van der Waals surface area contributed by atoms with Crippen LogP contribution in [0.1, 0.15) is 43.0 Å². The summed E-state index contributed by atoms with van der Waals surface area (Å²) < 4.78 is 32.0. The molecule has 1 aliphatic heterocycles. The van der Waals surface area contributed by atoms with Crippen molar-refractivity contribution in [1.82, 2.24) is 9.21 Å². The van der Waals surface area contributed by atoms with Crippen LogP contribution in [0.3, 0.4) is 0 Å². The highest BCUT2D eigenvalue weighted by molar-refractivity contribution is 7.89. The number of Topliss-reactive ketones (excluding diaryl/α,β-unsaturated/α-hetero) is 1. The molecule has 1 saturated heterocycles. The number of methoxy groups -OCH3 is 1. The van der Waals surface area contributed by atoms with Gasteiger partial charge < -0.3 is 14.7 Å². The van der Waals surface area contributed by atoms with E-state index < -0.39 is 27.8 Å². The van der Waals surface area contributed by atoms with E-state index in [-0.39, 0.29) is 28.3 Å². The molecule has 1 N–H and O–H groups in total. The summed E-state index contributed by atoms with van der Waals surface area (Å²) >= 11 is 0. The van der Waals surface area contributed by atoms with Crippen LogP contribution in [0.2, 0.25) is 0 Å². The predicted molar refractivity (Wildman–Crippen MR) is 133 cm³/mol. The Hall–Kier alpha value is -3.01. The Morgan fingerprint density at radius 1 is 1.03 bits per heavy atom. The molecule has 0 bridgehead atoms. The van der Waals surface area contributed by atoms with Crippen LogP contribution in [0.15, 0.2) is 59.0 Å². The van der Waals surface area contributed by atoms with Crippen LogP contribution < -0.4 is 0 Å². The van der Waals surface area contributed by atoms with Gasteiger partial charge in [0, 0.05) is 38.9 Å². The summed E-state index contributed by atoms with van der Waals surface area (Å²) in [5.74, 6) is -1.80. The van der Waals surface area contributed by atoms with Gasteiger partial charge in [0.2, 0.25) is 10.0 Å². The average molecular weight is 501 g/mol. The number of hydrogen-bond acceptors (Lipinski definition) is 6. The van der Waals surface area contributed by atoms with E-state index in [0.29, 0.717) is 31.7 Å². The van der Waals surface area contributed by atoms with Gasteiger partial charge in [0.05, 0.1) is 16.5 Å². The Balaban J connectivity index is 2.07. The lowest BCUT2D eigenvalue weighted by atomic mass is 9.94. The Morgan fingerprint density at radius 2 is 1.63 bits per heavy atom. The van der Waals surface area contributed by atoms with E-state index in [4.69, 9.17) is 4.74 Å². The van der Waals surface area contributed by atoms with Crippen molar-refractivity contribution in [2.24, 2.45) is 0 Å². The van der Waals surface area contributed by atoms with Crippen molar-refractivity contribution in [2.45, 2.75) is 38.1 Å². The smallest absolute Gasteiger partial charge is 0.295 e. The Bertz CT molecular complexity index is 1200. The van der Waals surface area contributed by atoms with E-state index in [1.165, 1.54) is 33.5 Å². The number of likely N-dealkylation sites (tertiary alicyclic amines) is 1. The minimum absolute atomic E-state index is 0.0179. The number of carbonyl (C=O) groups excluding carboxylic acids is 2. The third-order valence-corrected chi connectivity index (χ3v) is 8.22. The van der Waals surface area contributed by atoms with Crippen molar-refractivity contribution >= 4 is 27.5 Å². The molecule has 2 aromatic rings. The third-order valence-electron chi connectivity index (χ3n) is 6.15. The Kier molecular flexibility index (Phi) is 8.47. The number of aliphatic hydroxyl groups excluding tert-OH is 1. The number of carbonyl (C=O) groups is 2. The average Bonchev–Trinajstić information content (AvgIpc) is 3.10. The second-order valence-electron chi connectivity index (χ2n) is 8.36. The largest absolute Gasteiger partial charge is 0.507 e. The zero-order valence-electron chi connectivity index (χ0n) is 20.5. The molecule has 9 heteroatoms. The lowest BCUT2D eigenvalue weighted by Gasteiger charge is -2.25. The maximum Gasteiger partial charge on any atom is 0.295 e. The summed E-state index contributed by atoms with van der Waals surface area (Å²) in [6.07, 6.45) is 0.532. The van der Waals surface area contributed by atoms with Gasteiger partial charge >= 0.3 is 0 Å².